The van der Waals surface area contributed by atoms with E-state index in [-0.39, 0.29) is 24.1 Å². The van der Waals surface area contributed by atoms with Gasteiger partial charge in [0.15, 0.2) is 5.78 Å². The lowest BCUT2D eigenvalue weighted by Crippen LogP contribution is -2.02. The van der Waals surface area contributed by atoms with Crippen molar-refractivity contribution in [2.75, 3.05) is 7.11 Å². The van der Waals surface area contributed by atoms with Gasteiger partial charge in [0.25, 0.3) is 0 Å². The van der Waals surface area contributed by atoms with Crippen LogP contribution in [0.15, 0.2) is 12.1 Å². The molecular weight excluding hydrogens is 212 g/mol. The fraction of sp³-hybridized carbons (Fsp3) is 0.455. The van der Waals surface area contributed by atoms with Gasteiger partial charge in [-0.3, -0.25) is 9.59 Å². The molecule has 3 nitrogen and oxygen atoms in total. The largest absolute Gasteiger partial charge is 0.469 e. The zero-order chi connectivity index (χ0) is 10.8. The van der Waals surface area contributed by atoms with Crippen molar-refractivity contribution < 1.29 is 14.3 Å². The van der Waals surface area contributed by atoms with Crippen molar-refractivity contribution in [3.63, 3.8) is 0 Å². The molecule has 4 heteroatoms. The third-order valence-corrected chi connectivity index (χ3v) is 3.50. The van der Waals surface area contributed by atoms with Crippen LogP contribution in [0.3, 0.4) is 0 Å². The molecule has 0 radical (unpaired) electrons. The summed E-state index contributed by atoms with van der Waals surface area (Å²) in [6.07, 6.45) is 2.30. The average Bonchev–Trinajstić information content (AvgIpc) is 2.98. The van der Waals surface area contributed by atoms with Gasteiger partial charge in [-0.15, -0.1) is 11.3 Å². The molecule has 15 heavy (non-hydrogen) atoms. The number of rotatable bonds is 4. The predicted octanol–water partition coefficient (Wildman–Crippen LogP) is 2.06. The number of esters is 1. The molecule has 80 valence electrons. The molecule has 0 atom stereocenters. The van der Waals surface area contributed by atoms with Crippen LogP contribution in [0, 0.1) is 5.92 Å². The number of carbonyl (C=O) groups excluding carboxylic acids is 2. The lowest BCUT2D eigenvalue weighted by Gasteiger charge is -1.95. The van der Waals surface area contributed by atoms with Crippen LogP contribution in [-0.4, -0.2) is 18.9 Å². The Balaban J connectivity index is 2.03. The molecule has 0 aromatic carbocycles. The Labute approximate surface area is 92.1 Å². The highest BCUT2D eigenvalue weighted by molar-refractivity contribution is 7.14. The van der Waals surface area contributed by atoms with E-state index in [1.165, 1.54) is 18.4 Å². The highest BCUT2D eigenvalue weighted by Gasteiger charge is 2.31. The predicted molar refractivity (Wildman–Crippen MR) is 57.1 cm³/mol. The van der Waals surface area contributed by atoms with Crippen molar-refractivity contribution in [2.45, 2.75) is 19.3 Å². The molecular formula is C11H12O3S. The average molecular weight is 224 g/mol. The van der Waals surface area contributed by atoms with Crippen molar-refractivity contribution in [3.05, 3.63) is 21.9 Å². The normalized spacial score (nSPS) is 15.0. The van der Waals surface area contributed by atoms with E-state index < -0.39 is 0 Å². The van der Waals surface area contributed by atoms with E-state index in [0.29, 0.717) is 0 Å². The number of carbonyl (C=O) groups is 2. The van der Waals surface area contributed by atoms with Crippen LogP contribution in [-0.2, 0) is 16.0 Å². The standard InChI is InChI=1S/C11H12O3S/c1-14-10(12)6-8-4-5-9(15-8)11(13)7-2-3-7/h4-5,7H,2-3,6H2,1H3. The SMILES string of the molecule is COC(=O)Cc1ccc(C(=O)C2CC2)s1. The molecule has 1 aliphatic carbocycles. The number of thiophene rings is 1. The Morgan fingerprint density at radius 3 is 2.80 bits per heavy atom. The molecule has 0 amide bonds. The summed E-state index contributed by atoms with van der Waals surface area (Å²) in [5, 5.41) is 0. The molecule has 0 saturated heterocycles. The van der Waals surface area contributed by atoms with E-state index in [9.17, 15) is 9.59 Å². The number of hydrogen-bond donors (Lipinski definition) is 0. The monoisotopic (exact) mass is 224 g/mol. The number of methoxy groups -OCH3 is 1. The minimum atomic E-state index is -0.262. The van der Waals surface area contributed by atoms with Gasteiger partial charge in [-0.05, 0) is 25.0 Å². The Kier molecular flexibility index (Phi) is 2.86. The Morgan fingerprint density at radius 2 is 2.20 bits per heavy atom. The first-order valence-corrected chi connectivity index (χ1v) is 5.72. The summed E-state index contributed by atoms with van der Waals surface area (Å²) in [4.78, 5) is 24.3. The Bertz CT molecular complexity index is 390. The van der Waals surface area contributed by atoms with Gasteiger partial charge in [0.2, 0.25) is 0 Å². The van der Waals surface area contributed by atoms with Crippen LogP contribution in [0.1, 0.15) is 27.4 Å². The topological polar surface area (TPSA) is 43.4 Å². The van der Waals surface area contributed by atoms with E-state index in [1.807, 2.05) is 12.1 Å². The molecule has 0 spiro atoms. The second-order valence-electron chi connectivity index (χ2n) is 3.66. The number of ketones is 1. The van der Waals surface area contributed by atoms with Gasteiger partial charge in [0.1, 0.15) is 0 Å². The highest BCUT2D eigenvalue weighted by Crippen LogP contribution is 2.34. The van der Waals surface area contributed by atoms with Gasteiger partial charge in [0, 0.05) is 10.8 Å². The van der Waals surface area contributed by atoms with Crippen molar-refractivity contribution in [3.8, 4) is 0 Å². The summed E-state index contributed by atoms with van der Waals surface area (Å²) in [5.74, 6) is 0.216. The second kappa shape index (κ2) is 4.14. The fourth-order valence-corrected chi connectivity index (χ4v) is 2.38. The van der Waals surface area contributed by atoms with Gasteiger partial charge in [-0.1, -0.05) is 0 Å². The Morgan fingerprint density at radius 1 is 1.47 bits per heavy atom. The zero-order valence-electron chi connectivity index (χ0n) is 8.49. The molecule has 0 N–H and O–H groups in total. The first kappa shape index (κ1) is 10.4. The van der Waals surface area contributed by atoms with Crippen LogP contribution < -0.4 is 0 Å². The molecule has 0 aliphatic heterocycles. The molecule has 1 saturated carbocycles. The molecule has 1 aromatic rings. The maximum atomic E-state index is 11.7. The quantitative estimate of drug-likeness (QED) is 0.580. The maximum absolute atomic E-state index is 11.7. The first-order valence-electron chi connectivity index (χ1n) is 4.90. The van der Waals surface area contributed by atoms with E-state index in [4.69, 9.17) is 0 Å². The van der Waals surface area contributed by atoms with Crippen LogP contribution >= 0.6 is 11.3 Å². The van der Waals surface area contributed by atoms with Crippen LogP contribution in [0.2, 0.25) is 0 Å². The number of Topliss-reactive ketones (excluding diaryl/α,β-unsaturated/α-hetero) is 1. The minimum absolute atomic E-state index is 0.233. The van der Waals surface area contributed by atoms with E-state index in [2.05, 4.69) is 4.74 Å². The summed E-state index contributed by atoms with van der Waals surface area (Å²) in [7, 11) is 1.37. The summed E-state index contributed by atoms with van der Waals surface area (Å²) in [6.45, 7) is 0. The van der Waals surface area contributed by atoms with Crippen molar-refractivity contribution in [1.82, 2.24) is 0 Å². The lowest BCUT2D eigenvalue weighted by atomic mass is 10.2. The van der Waals surface area contributed by atoms with Crippen molar-refractivity contribution >= 4 is 23.1 Å². The maximum Gasteiger partial charge on any atom is 0.310 e. The smallest absolute Gasteiger partial charge is 0.310 e. The van der Waals surface area contributed by atoms with E-state index in [0.717, 1.165) is 22.6 Å². The van der Waals surface area contributed by atoms with Gasteiger partial charge >= 0.3 is 5.97 Å². The minimum Gasteiger partial charge on any atom is -0.469 e. The third-order valence-electron chi connectivity index (χ3n) is 2.40. The molecule has 0 bridgehead atoms. The van der Waals surface area contributed by atoms with Crippen LogP contribution in [0.25, 0.3) is 0 Å². The third kappa shape index (κ3) is 2.45. The van der Waals surface area contributed by atoms with E-state index >= 15 is 0 Å². The van der Waals surface area contributed by atoms with Crippen molar-refractivity contribution in [1.29, 1.82) is 0 Å². The number of hydrogen-bond acceptors (Lipinski definition) is 4. The molecule has 0 unspecified atom stereocenters. The van der Waals surface area contributed by atoms with Crippen LogP contribution in [0.5, 0.6) is 0 Å². The molecule has 2 rings (SSSR count). The van der Waals surface area contributed by atoms with Gasteiger partial charge in [-0.25, -0.2) is 0 Å². The molecule has 1 fully saturated rings. The zero-order valence-corrected chi connectivity index (χ0v) is 9.30. The second-order valence-corrected chi connectivity index (χ2v) is 4.83. The molecule has 1 heterocycles. The molecule has 1 aromatic heterocycles. The van der Waals surface area contributed by atoms with Gasteiger partial charge < -0.3 is 4.74 Å². The van der Waals surface area contributed by atoms with E-state index in [1.54, 1.807) is 0 Å². The van der Waals surface area contributed by atoms with Gasteiger partial charge in [-0.2, -0.15) is 0 Å². The van der Waals surface area contributed by atoms with Crippen LogP contribution in [0.4, 0.5) is 0 Å². The summed E-state index contributed by atoms with van der Waals surface area (Å²) in [5.41, 5.74) is 0. The fourth-order valence-electron chi connectivity index (χ4n) is 1.37. The summed E-state index contributed by atoms with van der Waals surface area (Å²) in [6, 6.07) is 3.64. The van der Waals surface area contributed by atoms with Crippen molar-refractivity contribution in [2.24, 2.45) is 5.92 Å². The summed E-state index contributed by atoms with van der Waals surface area (Å²) >= 11 is 1.40. The van der Waals surface area contributed by atoms with Gasteiger partial charge in [0.05, 0.1) is 18.4 Å². The molecule has 1 aliphatic rings. The lowest BCUT2D eigenvalue weighted by molar-refractivity contribution is -0.139. The Hall–Kier alpha value is -1.16. The number of ether oxygens (including phenoxy) is 1. The first-order chi connectivity index (χ1) is 7.20. The highest BCUT2D eigenvalue weighted by atomic mass is 32.1. The summed E-state index contributed by atoms with van der Waals surface area (Å²) < 4.78 is 4.57.